The highest BCUT2D eigenvalue weighted by Crippen LogP contribution is 2.33. The van der Waals surface area contributed by atoms with Crippen molar-refractivity contribution < 1.29 is 14.3 Å². The first kappa shape index (κ1) is 26.7. The topological polar surface area (TPSA) is 103 Å². The highest BCUT2D eigenvalue weighted by molar-refractivity contribution is 6.11. The molecule has 0 spiro atoms. The summed E-state index contributed by atoms with van der Waals surface area (Å²) in [5, 5.41) is 11.5. The molecule has 40 heavy (non-hydrogen) atoms. The van der Waals surface area contributed by atoms with E-state index in [1.165, 1.54) is 7.11 Å². The number of rotatable bonds is 10. The van der Waals surface area contributed by atoms with Gasteiger partial charge in [0.2, 0.25) is 5.91 Å². The number of methoxy groups -OCH3 is 1. The van der Waals surface area contributed by atoms with Crippen LogP contribution in [0.3, 0.4) is 0 Å². The minimum Gasteiger partial charge on any atom is -0.464 e. The van der Waals surface area contributed by atoms with Crippen molar-refractivity contribution in [1.82, 2.24) is 19.3 Å². The molecule has 9 nitrogen and oxygen atoms in total. The molecule has 204 valence electrons. The van der Waals surface area contributed by atoms with Crippen LogP contribution in [0.25, 0.3) is 16.7 Å². The number of esters is 1. The largest absolute Gasteiger partial charge is 0.464 e. The molecule has 0 saturated carbocycles. The third kappa shape index (κ3) is 5.88. The van der Waals surface area contributed by atoms with Crippen LogP contribution in [0.15, 0.2) is 85.3 Å². The number of aromatic nitrogens is 4. The minimum atomic E-state index is -0.531. The Morgan fingerprint density at radius 3 is 2.40 bits per heavy atom. The van der Waals surface area contributed by atoms with Gasteiger partial charge < -0.3 is 19.9 Å². The van der Waals surface area contributed by atoms with Crippen molar-refractivity contribution >= 4 is 34.3 Å². The molecule has 3 aromatic heterocycles. The van der Waals surface area contributed by atoms with Crippen LogP contribution in [0.5, 0.6) is 0 Å². The van der Waals surface area contributed by atoms with Gasteiger partial charge in [-0.05, 0) is 29.7 Å². The lowest BCUT2D eigenvalue weighted by molar-refractivity contribution is -0.115. The summed E-state index contributed by atoms with van der Waals surface area (Å²) in [6, 6.07) is 21.3. The first-order chi connectivity index (χ1) is 19.4. The molecule has 0 atom stereocenters. The van der Waals surface area contributed by atoms with E-state index in [9.17, 15) is 9.59 Å². The molecule has 9 heteroatoms. The van der Waals surface area contributed by atoms with Crippen molar-refractivity contribution in [3.63, 3.8) is 0 Å². The monoisotopic (exact) mass is 536 g/mol. The van der Waals surface area contributed by atoms with Crippen molar-refractivity contribution in [3.8, 4) is 5.69 Å². The quantitative estimate of drug-likeness (QED) is 0.230. The van der Waals surface area contributed by atoms with Crippen molar-refractivity contribution in [2.75, 3.05) is 17.7 Å². The number of carbonyl (C=O) groups excluding carboxylic acids is 2. The number of benzene rings is 2. The number of ether oxygens (including phenoxy) is 1. The van der Waals surface area contributed by atoms with Gasteiger partial charge in [0.05, 0.1) is 43.0 Å². The molecule has 5 aromatic rings. The number of fused-ring (bicyclic) bond motifs is 1. The van der Waals surface area contributed by atoms with Gasteiger partial charge in [-0.25, -0.2) is 14.5 Å². The van der Waals surface area contributed by atoms with Gasteiger partial charge in [-0.2, -0.15) is 5.10 Å². The highest BCUT2D eigenvalue weighted by Gasteiger charge is 2.26. The molecule has 2 aromatic carbocycles. The van der Waals surface area contributed by atoms with E-state index in [4.69, 9.17) is 9.72 Å². The summed E-state index contributed by atoms with van der Waals surface area (Å²) < 4.78 is 8.80. The van der Waals surface area contributed by atoms with E-state index < -0.39 is 5.97 Å². The van der Waals surface area contributed by atoms with E-state index in [0.717, 1.165) is 22.5 Å². The maximum atomic E-state index is 13.1. The summed E-state index contributed by atoms with van der Waals surface area (Å²) in [5.41, 5.74) is 4.88. The van der Waals surface area contributed by atoms with Crippen LogP contribution in [0.4, 0.5) is 11.4 Å². The Balaban J connectivity index is 1.47. The van der Waals surface area contributed by atoms with E-state index in [1.807, 2.05) is 88.4 Å². The number of para-hydroxylation sites is 1. The van der Waals surface area contributed by atoms with Crippen molar-refractivity contribution in [3.05, 3.63) is 102 Å². The predicted molar refractivity (Wildman–Crippen MR) is 156 cm³/mol. The predicted octanol–water partition coefficient (Wildman–Crippen LogP) is 5.46. The van der Waals surface area contributed by atoms with Gasteiger partial charge in [-0.1, -0.05) is 62.4 Å². The standard InChI is InChI=1S/C31H32N6O3/c1-21(2)19-36-29(31(39)40-3)28(35-27(38)14-22-10-6-4-7-11-22)26-15-24(18-33-30(26)36)32-16-23-17-34-37(20-23)25-12-8-5-9-13-25/h4-13,15,17-18,20-21,32H,14,16,19H2,1-3H3,(H,35,38). The Morgan fingerprint density at radius 1 is 0.975 bits per heavy atom. The molecule has 0 aliphatic carbocycles. The summed E-state index contributed by atoms with van der Waals surface area (Å²) in [4.78, 5) is 30.8. The van der Waals surface area contributed by atoms with Crippen LogP contribution in [0.2, 0.25) is 0 Å². The van der Waals surface area contributed by atoms with E-state index in [1.54, 1.807) is 6.20 Å². The molecule has 0 bridgehead atoms. The van der Waals surface area contributed by atoms with E-state index >= 15 is 0 Å². The fourth-order valence-corrected chi connectivity index (χ4v) is 4.64. The number of nitrogens with zero attached hydrogens (tertiary/aromatic N) is 4. The average molecular weight is 537 g/mol. The van der Waals surface area contributed by atoms with Crippen molar-refractivity contribution in [2.24, 2.45) is 5.92 Å². The summed E-state index contributed by atoms with van der Waals surface area (Å²) in [7, 11) is 1.34. The SMILES string of the molecule is COC(=O)c1c(NC(=O)Cc2ccccc2)c2cc(NCc3cnn(-c4ccccc4)c3)cnc2n1CC(C)C. The Morgan fingerprint density at radius 2 is 1.70 bits per heavy atom. The molecule has 0 aliphatic heterocycles. The maximum absolute atomic E-state index is 13.1. The summed E-state index contributed by atoms with van der Waals surface area (Å²) >= 11 is 0. The second-order valence-corrected chi connectivity index (χ2v) is 10.0. The Labute approximate surface area is 232 Å². The minimum absolute atomic E-state index is 0.176. The molecular weight excluding hydrogens is 504 g/mol. The van der Waals surface area contributed by atoms with Gasteiger partial charge in [0, 0.05) is 30.2 Å². The molecule has 0 fully saturated rings. The summed E-state index contributed by atoms with van der Waals surface area (Å²) in [5.74, 6) is -0.532. The zero-order valence-electron chi connectivity index (χ0n) is 22.8. The molecule has 0 aliphatic rings. The molecule has 3 heterocycles. The fraction of sp³-hybridized carbons (Fsp3) is 0.226. The van der Waals surface area contributed by atoms with E-state index in [2.05, 4.69) is 29.6 Å². The molecule has 2 N–H and O–H groups in total. The molecule has 5 rings (SSSR count). The van der Waals surface area contributed by atoms with Gasteiger partial charge in [-0.3, -0.25) is 4.79 Å². The fourth-order valence-electron chi connectivity index (χ4n) is 4.64. The number of anilines is 2. The van der Waals surface area contributed by atoms with Gasteiger partial charge in [0.25, 0.3) is 0 Å². The maximum Gasteiger partial charge on any atom is 0.356 e. The molecule has 0 saturated heterocycles. The number of pyridine rings is 1. The zero-order valence-corrected chi connectivity index (χ0v) is 22.8. The second kappa shape index (κ2) is 11.9. The van der Waals surface area contributed by atoms with Crippen LogP contribution in [0, 0.1) is 5.92 Å². The first-order valence-corrected chi connectivity index (χ1v) is 13.2. The van der Waals surface area contributed by atoms with E-state index in [0.29, 0.717) is 29.8 Å². The first-order valence-electron chi connectivity index (χ1n) is 13.2. The lowest BCUT2D eigenvalue weighted by Gasteiger charge is -2.12. The van der Waals surface area contributed by atoms with Crippen LogP contribution in [0.1, 0.15) is 35.5 Å². The third-order valence-electron chi connectivity index (χ3n) is 6.45. The lowest BCUT2D eigenvalue weighted by atomic mass is 10.1. The molecule has 1 amide bonds. The number of hydrogen-bond donors (Lipinski definition) is 2. The Hall–Kier alpha value is -4.92. The highest BCUT2D eigenvalue weighted by atomic mass is 16.5. The average Bonchev–Trinajstić information content (AvgIpc) is 3.55. The Kier molecular flexibility index (Phi) is 7.91. The summed E-state index contributed by atoms with van der Waals surface area (Å²) in [6.07, 6.45) is 5.69. The number of amides is 1. The third-order valence-corrected chi connectivity index (χ3v) is 6.45. The van der Waals surface area contributed by atoms with Crippen molar-refractivity contribution in [1.29, 1.82) is 0 Å². The van der Waals surface area contributed by atoms with E-state index in [-0.39, 0.29) is 23.9 Å². The summed E-state index contributed by atoms with van der Waals surface area (Å²) in [6.45, 7) is 5.18. The van der Waals surface area contributed by atoms with Crippen LogP contribution in [-0.4, -0.2) is 38.3 Å². The molecule has 0 radical (unpaired) electrons. The number of hydrogen-bond acceptors (Lipinski definition) is 6. The van der Waals surface area contributed by atoms with Gasteiger partial charge in [0.1, 0.15) is 5.65 Å². The lowest BCUT2D eigenvalue weighted by Crippen LogP contribution is -2.19. The van der Waals surface area contributed by atoms with Gasteiger partial charge >= 0.3 is 5.97 Å². The zero-order chi connectivity index (χ0) is 28.1. The Bertz CT molecular complexity index is 1620. The number of carbonyl (C=O) groups is 2. The van der Waals surface area contributed by atoms with Crippen molar-refractivity contribution in [2.45, 2.75) is 33.4 Å². The molecular formula is C31H32N6O3. The van der Waals surface area contributed by atoms with Crippen LogP contribution < -0.4 is 10.6 Å². The second-order valence-electron chi connectivity index (χ2n) is 10.0. The normalized spacial score (nSPS) is 11.1. The molecule has 0 unspecified atom stereocenters. The van der Waals surface area contributed by atoms with Crippen LogP contribution in [-0.2, 0) is 29.0 Å². The van der Waals surface area contributed by atoms with Gasteiger partial charge in [-0.15, -0.1) is 0 Å². The smallest absolute Gasteiger partial charge is 0.356 e. The van der Waals surface area contributed by atoms with Crippen LogP contribution >= 0.6 is 0 Å². The number of nitrogens with one attached hydrogen (secondary N) is 2. The van der Waals surface area contributed by atoms with Gasteiger partial charge in [0.15, 0.2) is 5.69 Å².